The van der Waals surface area contributed by atoms with Gasteiger partial charge < -0.3 is 10.6 Å². The Morgan fingerprint density at radius 1 is 0.960 bits per heavy atom. The minimum Gasteiger partial charge on any atom is -0.317 e. The van der Waals surface area contributed by atoms with E-state index in [1.807, 2.05) is 11.8 Å². The second-order valence-corrected chi connectivity index (χ2v) is 8.12. The molecule has 0 bridgehead atoms. The Morgan fingerprint density at radius 3 is 2.48 bits per heavy atom. The highest BCUT2D eigenvalue weighted by Gasteiger charge is 2.22. The first-order valence-electron chi connectivity index (χ1n) is 9.44. The second-order valence-electron chi connectivity index (χ2n) is 7.14. The minimum absolute atomic E-state index is 0.713. The molecule has 0 saturated carbocycles. The zero-order valence-electron chi connectivity index (χ0n) is 14.7. The molecular formula is C19H27N5S. The molecule has 0 radical (unpaired) electrons. The molecule has 2 saturated heterocycles. The van der Waals surface area contributed by atoms with Crippen LogP contribution in [0.4, 0.5) is 0 Å². The van der Waals surface area contributed by atoms with Crippen molar-refractivity contribution in [3.05, 3.63) is 36.2 Å². The van der Waals surface area contributed by atoms with Crippen LogP contribution in [0.15, 0.2) is 35.5 Å². The van der Waals surface area contributed by atoms with Crippen LogP contribution in [0.25, 0.3) is 5.69 Å². The number of rotatable bonds is 6. The minimum atomic E-state index is 0.713. The largest absolute Gasteiger partial charge is 0.317 e. The van der Waals surface area contributed by atoms with E-state index in [-0.39, 0.29) is 0 Å². The van der Waals surface area contributed by atoms with Crippen molar-refractivity contribution in [2.45, 2.75) is 30.8 Å². The maximum absolute atomic E-state index is 4.59. The van der Waals surface area contributed by atoms with E-state index in [4.69, 9.17) is 0 Å². The van der Waals surface area contributed by atoms with Crippen LogP contribution in [0.2, 0.25) is 0 Å². The summed E-state index contributed by atoms with van der Waals surface area (Å²) < 4.78 is 2.29. The summed E-state index contributed by atoms with van der Waals surface area (Å²) in [7, 11) is 0. The molecule has 3 heterocycles. The van der Waals surface area contributed by atoms with E-state index >= 15 is 0 Å². The Balaban J connectivity index is 1.55. The fourth-order valence-corrected chi connectivity index (χ4v) is 4.86. The molecule has 0 spiro atoms. The van der Waals surface area contributed by atoms with E-state index in [9.17, 15) is 0 Å². The van der Waals surface area contributed by atoms with Crippen molar-refractivity contribution in [3.8, 4) is 5.69 Å². The highest BCUT2D eigenvalue weighted by Crippen LogP contribution is 2.27. The van der Waals surface area contributed by atoms with Crippen molar-refractivity contribution in [1.29, 1.82) is 0 Å². The molecule has 134 valence electrons. The third kappa shape index (κ3) is 4.25. The number of benzene rings is 1. The zero-order valence-corrected chi connectivity index (χ0v) is 15.5. The molecule has 2 aromatic rings. The average molecular weight is 358 g/mol. The van der Waals surface area contributed by atoms with Crippen LogP contribution in [0.3, 0.4) is 0 Å². The first kappa shape index (κ1) is 17.1. The van der Waals surface area contributed by atoms with E-state index in [1.165, 1.54) is 24.9 Å². The van der Waals surface area contributed by atoms with Gasteiger partial charge >= 0.3 is 0 Å². The monoisotopic (exact) mass is 357 g/mol. The summed E-state index contributed by atoms with van der Waals surface area (Å²) >= 11 is 1.86. The third-order valence-corrected chi connectivity index (χ3v) is 6.42. The van der Waals surface area contributed by atoms with Gasteiger partial charge in [-0.1, -0.05) is 30.0 Å². The molecule has 4 rings (SSSR count). The van der Waals surface area contributed by atoms with Gasteiger partial charge in [-0.25, -0.2) is 0 Å². The SMILES string of the molecule is c1ccc(-n2c(CC3CCNCC3)nnc2SC[C@@H]2CCNC2)cc1. The molecule has 2 aliphatic rings. The molecule has 1 aromatic heterocycles. The van der Waals surface area contributed by atoms with Crippen LogP contribution < -0.4 is 10.6 Å². The van der Waals surface area contributed by atoms with Crippen LogP contribution in [0.5, 0.6) is 0 Å². The molecule has 2 aliphatic heterocycles. The van der Waals surface area contributed by atoms with Crippen LogP contribution in [-0.4, -0.2) is 46.7 Å². The summed E-state index contributed by atoms with van der Waals surface area (Å²) in [6.07, 6.45) is 4.76. The summed E-state index contributed by atoms with van der Waals surface area (Å²) in [6.45, 7) is 4.53. The Hall–Kier alpha value is -1.37. The Kier molecular flexibility index (Phi) is 5.69. The van der Waals surface area contributed by atoms with Gasteiger partial charge in [0.15, 0.2) is 5.16 Å². The van der Waals surface area contributed by atoms with Gasteiger partial charge in [0.1, 0.15) is 5.82 Å². The summed E-state index contributed by atoms with van der Waals surface area (Å²) in [5.41, 5.74) is 1.18. The molecule has 2 N–H and O–H groups in total. The molecule has 6 heteroatoms. The third-order valence-electron chi connectivity index (χ3n) is 5.26. The number of piperidine rings is 1. The van der Waals surface area contributed by atoms with Crippen LogP contribution in [0.1, 0.15) is 25.1 Å². The summed E-state index contributed by atoms with van der Waals surface area (Å²) in [6, 6.07) is 10.6. The van der Waals surface area contributed by atoms with Crippen molar-refractivity contribution < 1.29 is 0 Å². The van der Waals surface area contributed by atoms with Gasteiger partial charge in [0.2, 0.25) is 0 Å². The first-order valence-corrected chi connectivity index (χ1v) is 10.4. The van der Waals surface area contributed by atoms with Gasteiger partial charge in [-0.15, -0.1) is 10.2 Å². The van der Waals surface area contributed by atoms with Gasteiger partial charge in [0.05, 0.1) is 0 Å². The van der Waals surface area contributed by atoms with E-state index in [0.29, 0.717) is 5.92 Å². The number of hydrogen-bond acceptors (Lipinski definition) is 5. The second kappa shape index (κ2) is 8.34. The summed E-state index contributed by atoms with van der Waals surface area (Å²) in [5.74, 6) is 3.69. The predicted octanol–water partition coefficient (Wildman–Crippen LogP) is 2.51. The highest BCUT2D eigenvalue weighted by atomic mass is 32.2. The summed E-state index contributed by atoms with van der Waals surface area (Å²) in [4.78, 5) is 0. The predicted molar refractivity (Wildman–Crippen MR) is 102 cm³/mol. The quantitative estimate of drug-likeness (QED) is 0.778. The lowest BCUT2D eigenvalue weighted by Crippen LogP contribution is -2.29. The van der Waals surface area contributed by atoms with Gasteiger partial charge in [-0.3, -0.25) is 4.57 Å². The van der Waals surface area contributed by atoms with Gasteiger partial charge in [-0.2, -0.15) is 0 Å². The van der Waals surface area contributed by atoms with Crippen LogP contribution >= 0.6 is 11.8 Å². The standard InChI is InChI=1S/C19H27N5S/c1-2-4-17(5-3-1)24-18(12-15-6-9-20-10-7-15)22-23-19(24)25-14-16-8-11-21-13-16/h1-5,15-16,20-21H,6-14H2/t16-/m1/s1. The number of nitrogens with one attached hydrogen (secondary N) is 2. The molecule has 2 fully saturated rings. The first-order chi connectivity index (χ1) is 12.4. The number of nitrogens with zero attached hydrogens (tertiary/aromatic N) is 3. The lowest BCUT2D eigenvalue weighted by molar-refractivity contribution is 0.365. The van der Waals surface area contributed by atoms with Gasteiger partial charge in [-0.05, 0) is 69.4 Å². The zero-order chi connectivity index (χ0) is 16.9. The molecular weight excluding hydrogens is 330 g/mol. The van der Waals surface area contributed by atoms with Crippen molar-refractivity contribution in [2.75, 3.05) is 31.9 Å². The summed E-state index contributed by atoms with van der Waals surface area (Å²) in [5, 5.41) is 17.1. The number of thioether (sulfide) groups is 1. The van der Waals surface area contributed by atoms with Gasteiger partial charge in [0.25, 0.3) is 0 Å². The van der Waals surface area contributed by atoms with Crippen molar-refractivity contribution in [2.24, 2.45) is 11.8 Å². The average Bonchev–Trinajstić information content (AvgIpc) is 3.31. The lowest BCUT2D eigenvalue weighted by Gasteiger charge is -2.22. The fraction of sp³-hybridized carbons (Fsp3) is 0.579. The molecule has 1 aromatic carbocycles. The number of hydrogen-bond donors (Lipinski definition) is 2. The number of para-hydroxylation sites is 1. The van der Waals surface area contributed by atoms with Crippen molar-refractivity contribution in [1.82, 2.24) is 25.4 Å². The Labute approximate surface area is 154 Å². The normalized spacial score (nSPS) is 21.7. The lowest BCUT2D eigenvalue weighted by atomic mass is 9.94. The molecule has 25 heavy (non-hydrogen) atoms. The molecule has 0 amide bonds. The van der Waals surface area contributed by atoms with Crippen molar-refractivity contribution in [3.63, 3.8) is 0 Å². The van der Waals surface area contributed by atoms with E-state index < -0.39 is 0 Å². The van der Waals surface area contributed by atoms with Crippen LogP contribution in [-0.2, 0) is 6.42 Å². The molecule has 0 aliphatic carbocycles. The maximum atomic E-state index is 4.59. The van der Waals surface area contributed by atoms with Crippen LogP contribution in [0, 0.1) is 11.8 Å². The highest BCUT2D eigenvalue weighted by molar-refractivity contribution is 7.99. The smallest absolute Gasteiger partial charge is 0.195 e. The molecule has 0 unspecified atom stereocenters. The number of aromatic nitrogens is 3. The van der Waals surface area contributed by atoms with Crippen molar-refractivity contribution >= 4 is 11.8 Å². The van der Waals surface area contributed by atoms with E-state index in [2.05, 4.69) is 55.7 Å². The topological polar surface area (TPSA) is 54.8 Å². The Morgan fingerprint density at radius 2 is 1.72 bits per heavy atom. The fourth-order valence-electron chi connectivity index (χ4n) is 3.76. The van der Waals surface area contributed by atoms with Gasteiger partial charge in [0, 0.05) is 17.9 Å². The molecule has 5 nitrogen and oxygen atoms in total. The van der Waals surface area contributed by atoms with E-state index in [0.717, 1.165) is 55.3 Å². The van der Waals surface area contributed by atoms with E-state index in [1.54, 1.807) is 0 Å². The Bertz CT molecular complexity index is 660. The molecule has 1 atom stereocenters. The maximum Gasteiger partial charge on any atom is 0.195 e.